The van der Waals surface area contributed by atoms with E-state index in [2.05, 4.69) is 0 Å². The van der Waals surface area contributed by atoms with E-state index in [9.17, 15) is 10.1 Å². The van der Waals surface area contributed by atoms with Crippen molar-refractivity contribution < 1.29 is 14.4 Å². The number of nitro groups is 1. The lowest BCUT2D eigenvalue weighted by Crippen LogP contribution is -2.14. The summed E-state index contributed by atoms with van der Waals surface area (Å²) in [5.41, 5.74) is 5.42. The lowest BCUT2D eigenvalue weighted by Gasteiger charge is -2.10. The molecule has 0 atom stereocenters. The summed E-state index contributed by atoms with van der Waals surface area (Å²) in [5.74, 6) is 0.487. The molecule has 1 aromatic carbocycles. The second-order valence-electron chi connectivity index (χ2n) is 3.30. The largest absolute Gasteiger partial charge is 0.493 e. The molecule has 7 heteroatoms. The van der Waals surface area contributed by atoms with Gasteiger partial charge in [0, 0.05) is 12.0 Å². The Morgan fingerprint density at radius 2 is 1.94 bits per heavy atom. The molecule has 0 saturated heterocycles. The van der Waals surface area contributed by atoms with Crippen molar-refractivity contribution in [3.63, 3.8) is 0 Å². The first kappa shape index (κ1) is 12.8. The van der Waals surface area contributed by atoms with E-state index in [0.29, 0.717) is 11.3 Å². The zero-order valence-corrected chi connectivity index (χ0v) is 9.52. The van der Waals surface area contributed by atoms with Crippen molar-refractivity contribution in [1.29, 1.82) is 5.41 Å². The molecule has 0 aliphatic heterocycles. The topological polar surface area (TPSA) is 111 Å². The van der Waals surface area contributed by atoms with Crippen molar-refractivity contribution in [2.45, 2.75) is 6.42 Å². The van der Waals surface area contributed by atoms with E-state index in [4.69, 9.17) is 20.6 Å². The van der Waals surface area contributed by atoms with Gasteiger partial charge < -0.3 is 15.2 Å². The van der Waals surface area contributed by atoms with Gasteiger partial charge in [0.05, 0.1) is 31.0 Å². The molecule has 0 heterocycles. The number of nitrogens with zero attached hydrogens (tertiary/aromatic N) is 1. The van der Waals surface area contributed by atoms with E-state index >= 15 is 0 Å². The normalized spacial score (nSPS) is 9.76. The van der Waals surface area contributed by atoms with Crippen LogP contribution in [0.1, 0.15) is 5.56 Å². The molecule has 1 aromatic rings. The lowest BCUT2D eigenvalue weighted by molar-refractivity contribution is -0.385. The summed E-state index contributed by atoms with van der Waals surface area (Å²) < 4.78 is 10.0. The molecular weight excluding hydrogens is 226 g/mol. The van der Waals surface area contributed by atoms with Crippen LogP contribution in [0.15, 0.2) is 12.1 Å². The van der Waals surface area contributed by atoms with Crippen molar-refractivity contribution in [2.24, 2.45) is 5.73 Å². The Bertz CT molecular complexity index is 459. The van der Waals surface area contributed by atoms with Gasteiger partial charge in [0.1, 0.15) is 0 Å². The van der Waals surface area contributed by atoms with Crippen molar-refractivity contribution in [1.82, 2.24) is 0 Å². The highest BCUT2D eigenvalue weighted by molar-refractivity contribution is 5.81. The number of ether oxygens (including phenoxy) is 2. The van der Waals surface area contributed by atoms with Crippen LogP contribution < -0.4 is 15.2 Å². The van der Waals surface area contributed by atoms with Crippen molar-refractivity contribution in [2.75, 3.05) is 14.2 Å². The number of benzene rings is 1. The van der Waals surface area contributed by atoms with Crippen molar-refractivity contribution >= 4 is 11.5 Å². The number of amidine groups is 1. The fourth-order valence-electron chi connectivity index (χ4n) is 1.43. The number of hydrogen-bond donors (Lipinski definition) is 2. The van der Waals surface area contributed by atoms with Crippen LogP contribution in [0.4, 0.5) is 5.69 Å². The van der Waals surface area contributed by atoms with Gasteiger partial charge in [-0.15, -0.1) is 0 Å². The van der Waals surface area contributed by atoms with Crippen LogP contribution in [0.25, 0.3) is 0 Å². The Morgan fingerprint density at radius 3 is 2.35 bits per heavy atom. The van der Waals surface area contributed by atoms with Gasteiger partial charge in [-0.3, -0.25) is 15.5 Å². The van der Waals surface area contributed by atoms with Crippen LogP contribution in [-0.2, 0) is 6.42 Å². The van der Waals surface area contributed by atoms with Crippen LogP contribution in [-0.4, -0.2) is 25.0 Å². The summed E-state index contributed by atoms with van der Waals surface area (Å²) in [6.45, 7) is 0. The van der Waals surface area contributed by atoms with E-state index in [1.807, 2.05) is 0 Å². The zero-order valence-electron chi connectivity index (χ0n) is 9.52. The smallest absolute Gasteiger partial charge is 0.277 e. The van der Waals surface area contributed by atoms with Gasteiger partial charge in [-0.05, 0) is 6.07 Å². The van der Waals surface area contributed by atoms with E-state index in [-0.39, 0.29) is 23.7 Å². The quantitative estimate of drug-likeness (QED) is 0.345. The second-order valence-corrected chi connectivity index (χ2v) is 3.30. The maximum Gasteiger partial charge on any atom is 0.277 e. The maximum atomic E-state index is 10.9. The van der Waals surface area contributed by atoms with Gasteiger partial charge in [-0.25, -0.2) is 0 Å². The highest BCUT2D eigenvalue weighted by atomic mass is 16.6. The molecule has 3 N–H and O–H groups in total. The number of rotatable bonds is 5. The fraction of sp³-hybridized carbons (Fsp3) is 0.300. The average molecular weight is 239 g/mol. The molecule has 0 radical (unpaired) electrons. The van der Waals surface area contributed by atoms with E-state index < -0.39 is 4.92 Å². The molecule has 0 spiro atoms. The SMILES string of the molecule is COc1cc(CC(=N)N)c([N+](=O)[O-])cc1OC. The Balaban J connectivity index is 3.34. The Kier molecular flexibility index (Phi) is 3.86. The number of hydrogen-bond acceptors (Lipinski definition) is 5. The molecule has 0 aromatic heterocycles. The molecule has 1 rings (SSSR count). The van der Waals surface area contributed by atoms with Crippen LogP contribution in [0.3, 0.4) is 0 Å². The minimum absolute atomic E-state index is 0.00331. The number of nitrogens with two attached hydrogens (primary N) is 1. The molecule has 7 nitrogen and oxygen atoms in total. The second kappa shape index (κ2) is 5.15. The Hall–Kier alpha value is -2.31. The first-order chi connectivity index (χ1) is 7.99. The summed E-state index contributed by atoms with van der Waals surface area (Å²) in [6, 6.07) is 2.72. The molecule has 92 valence electrons. The highest BCUT2D eigenvalue weighted by Gasteiger charge is 2.19. The first-order valence-corrected chi connectivity index (χ1v) is 4.71. The molecule has 0 aliphatic rings. The third kappa shape index (κ3) is 2.83. The molecule has 0 saturated carbocycles. The molecule has 17 heavy (non-hydrogen) atoms. The standard InChI is InChI=1S/C10H13N3O4/c1-16-8-3-6(4-10(11)12)7(13(14)15)5-9(8)17-2/h3,5H,4H2,1-2H3,(H3,11,12). The number of nitro benzene ring substituents is 1. The average Bonchev–Trinajstić information content (AvgIpc) is 2.27. The van der Waals surface area contributed by atoms with Gasteiger partial charge in [-0.1, -0.05) is 0 Å². The van der Waals surface area contributed by atoms with Gasteiger partial charge in [0.25, 0.3) is 5.69 Å². The summed E-state index contributed by atoms with van der Waals surface area (Å²) in [4.78, 5) is 10.3. The van der Waals surface area contributed by atoms with Gasteiger partial charge in [0.2, 0.25) is 0 Å². The molecule has 0 amide bonds. The molecule has 0 fully saturated rings. The van der Waals surface area contributed by atoms with E-state index in [1.54, 1.807) is 0 Å². The van der Waals surface area contributed by atoms with Crippen LogP contribution in [0, 0.1) is 15.5 Å². The zero-order chi connectivity index (χ0) is 13.0. The van der Waals surface area contributed by atoms with E-state index in [1.165, 1.54) is 26.4 Å². The Morgan fingerprint density at radius 1 is 1.41 bits per heavy atom. The molecule has 0 aliphatic carbocycles. The third-order valence-electron chi connectivity index (χ3n) is 2.16. The molecular formula is C10H13N3O4. The predicted molar refractivity (Wildman–Crippen MR) is 61.8 cm³/mol. The van der Waals surface area contributed by atoms with E-state index in [0.717, 1.165) is 0 Å². The van der Waals surface area contributed by atoms with Gasteiger partial charge in [-0.2, -0.15) is 0 Å². The van der Waals surface area contributed by atoms with Crippen molar-refractivity contribution in [3.8, 4) is 11.5 Å². The van der Waals surface area contributed by atoms with Crippen LogP contribution >= 0.6 is 0 Å². The minimum Gasteiger partial charge on any atom is -0.493 e. The first-order valence-electron chi connectivity index (χ1n) is 4.71. The van der Waals surface area contributed by atoms with Gasteiger partial charge in [0.15, 0.2) is 11.5 Å². The summed E-state index contributed by atoms with van der Waals surface area (Å²) in [6.07, 6.45) is -0.00331. The third-order valence-corrected chi connectivity index (χ3v) is 2.16. The van der Waals surface area contributed by atoms with Gasteiger partial charge >= 0.3 is 0 Å². The Labute approximate surface area is 97.8 Å². The van der Waals surface area contributed by atoms with Crippen LogP contribution in [0.5, 0.6) is 11.5 Å². The molecule has 0 bridgehead atoms. The fourth-order valence-corrected chi connectivity index (χ4v) is 1.43. The minimum atomic E-state index is -0.541. The molecule has 0 unspecified atom stereocenters. The summed E-state index contributed by atoms with van der Waals surface area (Å²) in [5, 5.41) is 18.0. The lowest BCUT2D eigenvalue weighted by atomic mass is 10.1. The van der Waals surface area contributed by atoms with Crippen molar-refractivity contribution in [3.05, 3.63) is 27.8 Å². The number of methoxy groups -OCH3 is 2. The number of nitrogens with one attached hydrogen (secondary N) is 1. The summed E-state index contributed by atoms with van der Waals surface area (Å²) in [7, 11) is 2.83. The van der Waals surface area contributed by atoms with Crippen LogP contribution in [0.2, 0.25) is 0 Å². The summed E-state index contributed by atoms with van der Waals surface area (Å²) >= 11 is 0. The maximum absolute atomic E-state index is 10.9. The monoisotopic (exact) mass is 239 g/mol. The predicted octanol–water partition coefficient (Wildman–Crippen LogP) is 1.09. The highest BCUT2D eigenvalue weighted by Crippen LogP contribution is 2.34.